The van der Waals surface area contributed by atoms with E-state index in [9.17, 15) is 102 Å². The first-order valence-corrected chi connectivity index (χ1v) is 31.3. The standard InChI is InChI=1S/C49H36N6O23S6/c56-45-35(23-41(83(73,74)75)33-3-1-17-50-43(33)45)47(58)52-29-13-9-25(37(19-29)79(61,62)63)5-7-27-11-15-31(21-39(27)81(67,68)69)54-49(60)55-32-16-12-28(40(22-32)82(70,71)72)8-6-26-10-14-30(20-38(26)80(64,65)66)53-48(59)36-24-42(84(76,77)78)34-4-2-18-51-44(34)46(36)57/h1-24,56-57H,(H,52,58)(H,53,59)(H2,54,55,60)(H,61,62,63)(H,64,65,66)(H,67,68,69)(H,70,71,72)(H,73,74,75)(H,76,77,78). The van der Waals surface area contributed by atoms with Crippen LogP contribution in [0.1, 0.15) is 43.0 Å². The van der Waals surface area contributed by atoms with Crippen molar-refractivity contribution < 1.29 is 102 Å². The number of carbonyl (C=O) groups excluding carboxylic acids is 3. The number of benzene rings is 6. The minimum absolute atomic E-state index is 0.241. The van der Waals surface area contributed by atoms with E-state index < -0.39 is 142 Å². The Morgan fingerprint density at radius 3 is 0.881 bits per heavy atom. The molecule has 4 amide bonds. The summed E-state index contributed by atoms with van der Waals surface area (Å²) in [4.78, 5) is 42.3. The summed E-state index contributed by atoms with van der Waals surface area (Å²) in [6, 6.07) is 16.5. The lowest BCUT2D eigenvalue weighted by Crippen LogP contribution is -2.20. The van der Waals surface area contributed by atoms with Crippen LogP contribution in [0, 0.1) is 0 Å². The number of phenolic OH excluding ortho intramolecular Hbond substituents is 2. The van der Waals surface area contributed by atoms with Crippen LogP contribution in [0.5, 0.6) is 11.5 Å². The van der Waals surface area contributed by atoms with Crippen LogP contribution in [0.3, 0.4) is 0 Å². The summed E-state index contributed by atoms with van der Waals surface area (Å²) in [6.07, 6.45) is 6.16. The number of carbonyl (C=O) groups is 3. The van der Waals surface area contributed by atoms with Crippen LogP contribution in [-0.4, -0.2) is 116 Å². The molecule has 0 aliphatic heterocycles. The van der Waals surface area contributed by atoms with Crippen LogP contribution in [0.25, 0.3) is 46.1 Å². The third-order valence-corrected chi connectivity index (χ3v) is 17.2. The SMILES string of the molecule is O=C(Nc1ccc(C=Cc2ccc(NC(=O)c3cc(S(=O)(=O)O)c4cccnc4c3O)cc2S(=O)(=O)O)c(S(=O)(=O)O)c1)Nc1ccc(C=Cc2ccc(NC(=O)c3cc(S(=O)(=O)O)c4cccnc4c3O)cc2S(=O)(=O)O)c(S(=O)(=O)O)c1. The zero-order valence-electron chi connectivity index (χ0n) is 41.4. The third kappa shape index (κ3) is 13.5. The van der Waals surface area contributed by atoms with E-state index in [0.29, 0.717) is 12.1 Å². The predicted molar refractivity (Wildman–Crippen MR) is 298 cm³/mol. The van der Waals surface area contributed by atoms with Gasteiger partial charge < -0.3 is 31.5 Å². The van der Waals surface area contributed by atoms with Crippen LogP contribution < -0.4 is 21.3 Å². The van der Waals surface area contributed by atoms with Gasteiger partial charge in [0.15, 0.2) is 11.5 Å². The average molecular weight is 1270 g/mol. The second kappa shape index (κ2) is 22.6. The van der Waals surface area contributed by atoms with Crippen molar-refractivity contribution in [1.29, 1.82) is 0 Å². The number of nitrogens with zero attached hydrogens (tertiary/aromatic N) is 2. The smallest absolute Gasteiger partial charge is 0.323 e. The number of phenols is 2. The van der Waals surface area contributed by atoms with Gasteiger partial charge in [-0.15, -0.1) is 0 Å². The van der Waals surface area contributed by atoms with Gasteiger partial charge in [0.05, 0.1) is 11.1 Å². The topological polar surface area (TPSA) is 492 Å². The van der Waals surface area contributed by atoms with E-state index >= 15 is 0 Å². The van der Waals surface area contributed by atoms with Gasteiger partial charge in [-0.3, -0.25) is 46.9 Å². The van der Waals surface area contributed by atoms with Crippen molar-refractivity contribution in [3.05, 3.63) is 155 Å². The minimum atomic E-state index is -5.18. The van der Waals surface area contributed by atoms with Gasteiger partial charge in [-0.05, 0) is 107 Å². The molecule has 0 bridgehead atoms. The Morgan fingerprint density at radius 1 is 0.357 bits per heavy atom. The maximum atomic E-state index is 13.3. The second-order valence-electron chi connectivity index (χ2n) is 17.4. The lowest BCUT2D eigenvalue weighted by molar-refractivity contribution is 0.101. The zero-order chi connectivity index (χ0) is 61.6. The first kappa shape index (κ1) is 61.0. The molecule has 0 spiro atoms. The summed E-state index contributed by atoms with van der Waals surface area (Å²) in [7, 11) is -30.7. The van der Waals surface area contributed by atoms with Crippen molar-refractivity contribution in [1.82, 2.24) is 9.97 Å². The Morgan fingerprint density at radius 2 is 0.619 bits per heavy atom. The Kier molecular flexibility index (Phi) is 16.4. The van der Waals surface area contributed by atoms with Crippen molar-refractivity contribution in [2.24, 2.45) is 0 Å². The van der Waals surface area contributed by atoms with E-state index in [0.717, 1.165) is 109 Å². The van der Waals surface area contributed by atoms with Gasteiger partial charge in [0.2, 0.25) is 0 Å². The van der Waals surface area contributed by atoms with E-state index in [1.54, 1.807) is 0 Å². The number of aromatic nitrogens is 2. The van der Waals surface area contributed by atoms with E-state index in [1.165, 1.54) is 24.3 Å². The highest BCUT2D eigenvalue weighted by Gasteiger charge is 2.27. The fourth-order valence-electron chi connectivity index (χ4n) is 8.11. The lowest BCUT2D eigenvalue weighted by Gasteiger charge is -2.13. The molecule has 0 atom stereocenters. The van der Waals surface area contributed by atoms with Gasteiger partial charge >= 0.3 is 6.03 Å². The van der Waals surface area contributed by atoms with Crippen LogP contribution in [0.4, 0.5) is 27.5 Å². The van der Waals surface area contributed by atoms with E-state index in [4.69, 9.17) is 0 Å². The molecule has 0 aliphatic rings. The molecule has 84 heavy (non-hydrogen) atoms. The summed E-state index contributed by atoms with van der Waals surface area (Å²) >= 11 is 0. The Balaban J connectivity index is 0.994. The number of pyridine rings is 2. The van der Waals surface area contributed by atoms with Crippen molar-refractivity contribution in [2.45, 2.75) is 29.4 Å². The molecule has 2 aromatic heterocycles. The number of amides is 4. The van der Waals surface area contributed by atoms with E-state index in [1.807, 2.05) is 0 Å². The van der Waals surface area contributed by atoms with Crippen LogP contribution in [0.2, 0.25) is 0 Å². The number of anilines is 4. The molecule has 12 N–H and O–H groups in total. The molecule has 35 heteroatoms. The molecule has 8 rings (SSSR count). The zero-order valence-corrected chi connectivity index (χ0v) is 46.3. The number of hydrogen-bond acceptors (Lipinski definition) is 19. The summed E-state index contributed by atoms with van der Waals surface area (Å²) < 4.78 is 209. The molecule has 8 aromatic rings. The van der Waals surface area contributed by atoms with Gasteiger partial charge in [0, 0.05) is 45.9 Å². The Bertz CT molecular complexity index is 4630. The molecular formula is C49H36N6O23S6. The number of nitrogens with one attached hydrogen (secondary N) is 4. The predicted octanol–water partition coefficient (Wildman–Crippen LogP) is 6.16. The molecule has 6 aromatic carbocycles. The van der Waals surface area contributed by atoms with Gasteiger partial charge in [-0.25, -0.2) is 4.79 Å². The first-order chi connectivity index (χ1) is 39.0. The van der Waals surface area contributed by atoms with Crippen molar-refractivity contribution in [2.75, 3.05) is 21.3 Å². The van der Waals surface area contributed by atoms with Gasteiger partial charge in [-0.1, -0.05) is 48.6 Å². The summed E-state index contributed by atoms with van der Waals surface area (Å²) in [5.41, 5.74) is -5.02. The Labute approximate surface area is 474 Å². The molecule has 0 aliphatic carbocycles. The van der Waals surface area contributed by atoms with E-state index in [-0.39, 0.29) is 55.8 Å². The molecule has 29 nitrogen and oxygen atoms in total. The summed E-state index contributed by atoms with van der Waals surface area (Å²) in [5, 5.41) is 30.0. The van der Waals surface area contributed by atoms with Crippen LogP contribution in [0.15, 0.2) is 151 Å². The maximum absolute atomic E-state index is 13.3. The van der Waals surface area contributed by atoms with Crippen molar-refractivity contribution >= 4 is 147 Å². The fraction of sp³-hybridized carbons (Fsp3) is 0. The highest BCUT2D eigenvalue weighted by atomic mass is 32.2. The fourth-order valence-corrected chi connectivity index (χ4v) is 12.4. The first-order valence-electron chi connectivity index (χ1n) is 22.7. The molecular weight excluding hydrogens is 1230 g/mol. The van der Waals surface area contributed by atoms with Gasteiger partial charge in [-0.2, -0.15) is 50.5 Å². The van der Waals surface area contributed by atoms with E-state index in [2.05, 4.69) is 31.2 Å². The van der Waals surface area contributed by atoms with Crippen LogP contribution >= 0.6 is 0 Å². The highest BCUT2D eigenvalue weighted by Crippen LogP contribution is 2.36. The molecule has 0 unspecified atom stereocenters. The third-order valence-electron chi connectivity index (χ3n) is 11.8. The molecule has 2 heterocycles. The maximum Gasteiger partial charge on any atom is 0.323 e. The largest absolute Gasteiger partial charge is 0.505 e. The average Bonchev–Trinajstić information content (AvgIpc) is 1.42. The number of rotatable bonds is 16. The number of aromatic hydroxyl groups is 2. The minimum Gasteiger partial charge on any atom is -0.505 e. The number of hydrogen-bond donors (Lipinski definition) is 12. The van der Waals surface area contributed by atoms with Gasteiger partial charge in [0.25, 0.3) is 72.5 Å². The Hall–Kier alpha value is -9.11. The normalized spacial score (nSPS) is 12.6. The molecule has 0 saturated carbocycles. The van der Waals surface area contributed by atoms with Crippen molar-refractivity contribution in [3.63, 3.8) is 0 Å². The monoisotopic (exact) mass is 1270 g/mol. The molecule has 0 radical (unpaired) electrons. The summed E-state index contributed by atoms with van der Waals surface area (Å²) in [5.74, 6) is -4.11. The highest BCUT2D eigenvalue weighted by molar-refractivity contribution is 7.87. The van der Waals surface area contributed by atoms with Crippen LogP contribution in [-0.2, 0) is 60.7 Å². The molecule has 436 valence electrons. The molecule has 0 fully saturated rings. The quantitative estimate of drug-likeness (QED) is 0.0380. The summed E-state index contributed by atoms with van der Waals surface area (Å²) in [6.45, 7) is 0. The lowest BCUT2D eigenvalue weighted by atomic mass is 10.1. The number of fused-ring (bicyclic) bond motifs is 2. The molecule has 0 saturated heterocycles. The van der Waals surface area contributed by atoms with Crippen molar-refractivity contribution in [3.8, 4) is 11.5 Å². The number of urea groups is 1. The second-order valence-corrected chi connectivity index (χ2v) is 25.7. The van der Waals surface area contributed by atoms with Gasteiger partial charge in [0.1, 0.15) is 40.4 Å².